The molecule has 0 aromatic heterocycles. The Labute approximate surface area is 156 Å². The summed E-state index contributed by atoms with van der Waals surface area (Å²) in [6, 6.07) is 9.68. The highest BCUT2D eigenvalue weighted by molar-refractivity contribution is 5.89. The summed E-state index contributed by atoms with van der Waals surface area (Å²) in [5, 5.41) is 25.8. The highest BCUT2D eigenvalue weighted by Crippen LogP contribution is 2.52. The molecule has 2 aromatic carbocycles. The number of hydrogen-bond donors (Lipinski definition) is 1. The summed E-state index contributed by atoms with van der Waals surface area (Å²) in [4.78, 5) is 22.4. The van der Waals surface area contributed by atoms with Gasteiger partial charge in [-0.1, -0.05) is 36.4 Å². The third-order valence-corrected chi connectivity index (χ3v) is 5.39. The molecule has 6 nitrogen and oxygen atoms in total. The minimum absolute atomic E-state index is 0.0419. The Bertz CT molecular complexity index is 948. The summed E-state index contributed by atoms with van der Waals surface area (Å²) in [6.45, 7) is 0. The number of aromatic carboxylic acids is 2. The van der Waals surface area contributed by atoms with Gasteiger partial charge in [-0.2, -0.15) is 0 Å². The van der Waals surface area contributed by atoms with Gasteiger partial charge in [-0.15, -0.1) is 0 Å². The Hall–Kier alpha value is -3.28. The highest BCUT2D eigenvalue weighted by Gasteiger charge is 2.39. The van der Waals surface area contributed by atoms with Crippen LogP contribution in [0.2, 0.25) is 0 Å². The fourth-order valence-corrected chi connectivity index (χ4v) is 4.10. The number of nitrogens with one attached hydrogen (secondary N) is 1. The van der Waals surface area contributed by atoms with Crippen LogP contribution in [0.4, 0.5) is 5.69 Å². The maximum Gasteiger partial charge on any atom is 0.142 e. The molecule has 1 aliphatic heterocycles. The van der Waals surface area contributed by atoms with E-state index in [2.05, 4.69) is 17.5 Å². The van der Waals surface area contributed by atoms with Crippen molar-refractivity contribution < 1.29 is 24.5 Å². The first-order valence-corrected chi connectivity index (χ1v) is 8.67. The molecule has 4 rings (SSSR count). The minimum Gasteiger partial charge on any atom is -0.545 e. The van der Waals surface area contributed by atoms with Gasteiger partial charge in [0.05, 0.1) is 30.8 Å². The Morgan fingerprint density at radius 3 is 2.41 bits per heavy atom. The third kappa shape index (κ3) is 2.83. The van der Waals surface area contributed by atoms with E-state index in [9.17, 15) is 19.8 Å². The van der Waals surface area contributed by atoms with Crippen molar-refractivity contribution in [2.45, 2.75) is 18.4 Å². The van der Waals surface area contributed by atoms with E-state index in [-0.39, 0.29) is 29.0 Å². The number of carbonyl (C=O) groups excluding carboxylic acids is 2. The first kappa shape index (κ1) is 17.1. The van der Waals surface area contributed by atoms with E-state index >= 15 is 0 Å². The first-order valence-electron chi connectivity index (χ1n) is 8.67. The van der Waals surface area contributed by atoms with Crippen molar-refractivity contribution in [2.24, 2.45) is 5.92 Å². The molecule has 0 unspecified atom stereocenters. The van der Waals surface area contributed by atoms with E-state index in [1.54, 1.807) is 18.2 Å². The molecule has 2 aromatic rings. The molecule has 0 spiro atoms. The fourth-order valence-electron chi connectivity index (χ4n) is 4.10. The largest absolute Gasteiger partial charge is 0.545 e. The quantitative estimate of drug-likeness (QED) is 0.821. The van der Waals surface area contributed by atoms with Crippen LogP contribution in [0.1, 0.15) is 50.2 Å². The highest BCUT2D eigenvalue weighted by atomic mass is 16.5. The van der Waals surface area contributed by atoms with Gasteiger partial charge in [-0.25, -0.2) is 0 Å². The predicted molar refractivity (Wildman–Crippen MR) is 94.4 cm³/mol. The summed E-state index contributed by atoms with van der Waals surface area (Å²) < 4.78 is 5.42. The van der Waals surface area contributed by atoms with Crippen molar-refractivity contribution in [2.75, 3.05) is 12.4 Å². The number of carboxylic acid groups (broad SMARTS) is 2. The van der Waals surface area contributed by atoms with Gasteiger partial charge in [0.1, 0.15) is 5.75 Å². The zero-order valence-electron chi connectivity index (χ0n) is 14.6. The number of carboxylic acids is 2. The SMILES string of the molecule is COc1cc(C(=O)[O-])cc2c1N[C@H](c1ccc(C(=O)[O-])cc1)[C@@H]1CC=C[C@@H]21. The summed E-state index contributed by atoms with van der Waals surface area (Å²) in [5.41, 5.74) is 2.80. The average Bonchev–Trinajstić information content (AvgIpc) is 3.16. The van der Waals surface area contributed by atoms with Gasteiger partial charge in [-0.3, -0.25) is 0 Å². The first-order chi connectivity index (χ1) is 13.0. The average molecular weight is 363 g/mol. The van der Waals surface area contributed by atoms with Crippen LogP contribution < -0.4 is 20.3 Å². The van der Waals surface area contributed by atoms with Crippen molar-refractivity contribution in [1.29, 1.82) is 0 Å². The lowest BCUT2D eigenvalue weighted by Gasteiger charge is -2.38. The zero-order valence-corrected chi connectivity index (χ0v) is 14.6. The third-order valence-electron chi connectivity index (χ3n) is 5.39. The number of hydrogen-bond acceptors (Lipinski definition) is 6. The van der Waals surface area contributed by atoms with Crippen LogP contribution >= 0.6 is 0 Å². The molecule has 138 valence electrons. The number of carbonyl (C=O) groups is 2. The van der Waals surface area contributed by atoms with Crippen LogP contribution in [-0.4, -0.2) is 19.0 Å². The van der Waals surface area contributed by atoms with Gasteiger partial charge in [0.25, 0.3) is 0 Å². The molecule has 1 N–H and O–H groups in total. The fraction of sp³-hybridized carbons (Fsp3) is 0.238. The monoisotopic (exact) mass is 363 g/mol. The topological polar surface area (TPSA) is 102 Å². The van der Waals surface area contributed by atoms with E-state index in [1.165, 1.54) is 25.3 Å². The lowest BCUT2D eigenvalue weighted by atomic mass is 9.76. The van der Waals surface area contributed by atoms with E-state index < -0.39 is 11.9 Å². The number of ether oxygens (including phenoxy) is 1. The summed E-state index contributed by atoms with van der Waals surface area (Å²) >= 11 is 0. The smallest absolute Gasteiger partial charge is 0.142 e. The molecule has 0 radical (unpaired) electrons. The molecule has 27 heavy (non-hydrogen) atoms. The zero-order chi connectivity index (χ0) is 19.1. The second kappa shape index (κ2) is 6.46. The second-order valence-electron chi connectivity index (χ2n) is 6.82. The molecule has 6 heteroatoms. The maximum absolute atomic E-state index is 11.4. The van der Waals surface area contributed by atoms with E-state index in [0.29, 0.717) is 5.75 Å². The standard InChI is InChI=1S/C21H19NO5/c1-27-17-10-13(21(25)26)9-16-14-3-2-4-15(14)18(22-19(16)17)11-5-7-12(8-6-11)20(23)24/h2-3,5-10,14-15,18,22H,4H2,1H3,(H,23,24)(H,25,26)/p-2/t14-,15-,18-/m1/s1. The second-order valence-corrected chi connectivity index (χ2v) is 6.82. The molecular weight excluding hydrogens is 346 g/mol. The number of fused-ring (bicyclic) bond motifs is 3. The number of methoxy groups -OCH3 is 1. The number of rotatable bonds is 4. The number of benzene rings is 2. The Morgan fingerprint density at radius 2 is 1.78 bits per heavy atom. The van der Waals surface area contributed by atoms with Gasteiger partial charge in [0.2, 0.25) is 0 Å². The molecule has 0 saturated carbocycles. The molecule has 1 heterocycles. The molecule has 1 aliphatic carbocycles. The van der Waals surface area contributed by atoms with Crippen molar-refractivity contribution in [3.8, 4) is 5.75 Å². The predicted octanol–water partition coefficient (Wildman–Crippen LogP) is 1.25. The summed E-state index contributed by atoms with van der Waals surface area (Å²) in [5.74, 6) is -1.77. The minimum atomic E-state index is -1.24. The number of anilines is 1. The molecule has 0 bridgehead atoms. The van der Waals surface area contributed by atoms with Crippen LogP contribution in [0.5, 0.6) is 5.75 Å². The van der Waals surface area contributed by atoms with Crippen molar-refractivity contribution in [3.63, 3.8) is 0 Å². The number of allylic oxidation sites excluding steroid dienone is 2. The molecule has 0 amide bonds. The summed E-state index contributed by atoms with van der Waals surface area (Å²) in [7, 11) is 1.50. The van der Waals surface area contributed by atoms with Gasteiger partial charge in [0, 0.05) is 11.5 Å². The molecule has 0 fully saturated rings. The molecule has 2 aliphatic rings. The van der Waals surface area contributed by atoms with Crippen LogP contribution in [0.25, 0.3) is 0 Å². The van der Waals surface area contributed by atoms with Crippen LogP contribution in [-0.2, 0) is 0 Å². The Kier molecular flexibility index (Phi) is 4.11. The lowest BCUT2D eigenvalue weighted by Crippen LogP contribution is -2.30. The maximum atomic E-state index is 11.4. The Balaban J connectivity index is 1.79. The van der Waals surface area contributed by atoms with Crippen molar-refractivity contribution >= 4 is 17.6 Å². The Morgan fingerprint density at radius 1 is 1.07 bits per heavy atom. The van der Waals surface area contributed by atoms with E-state index in [0.717, 1.165) is 23.2 Å². The molecule has 3 atom stereocenters. The van der Waals surface area contributed by atoms with Crippen LogP contribution in [0.3, 0.4) is 0 Å². The van der Waals surface area contributed by atoms with Gasteiger partial charge < -0.3 is 29.9 Å². The normalized spacial score (nSPS) is 22.5. The molecular formula is C21H17NO5-2. The van der Waals surface area contributed by atoms with Crippen molar-refractivity contribution in [1.82, 2.24) is 0 Å². The van der Waals surface area contributed by atoms with Gasteiger partial charge in [-0.05, 0) is 41.2 Å². The van der Waals surface area contributed by atoms with E-state index in [4.69, 9.17) is 4.74 Å². The van der Waals surface area contributed by atoms with Crippen molar-refractivity contribution in [3.05, 3.63) is 70.8 Å². The van der Waals surface area contributed by atoms with Crippen LogP contribution in [0, 0.1) is 5.92 Å². The van der Waals surface area contributed by atoms with Gasteiger partial charge >= 0.3 is 0 Å². The van der Waals surface area contributed by atoms with Gasteiger partial charge in [0.15, 0.2) is 0 Å². The van der Waals surface area contributed by atoms with E-state index in [1.807, 2.05) is 0 Å². The van der Waals surface area contributed by atoms with Crippen LogP contribution in [0.15, 0.2) is 48.6 Å². The lowest BCUT2D eigenvalue weighted by molar-refractivity contribution is -0.256. The molecule has 0 saturated heterocycles. The summed E-state index contributed by atoms with van der Waals surface area (Å²) in [6.07, 6.45) is 5.01.